The van der Waals surface area contributed by atoms with Crippen molar-refractivity contribution in [1.29, 1.82) is 0 Å². The molecular weight excluding hydrogens is 282 g/mol. The highest BCUT2D eigenvalue weighted by atomic mass is 32.2. The molecule has 0 spiro atoms. The number of aromatic nitrogens is 1. The van der Waals surface area contributed by atoms with E-state index in [2.05, 4.69) is 60.5 Å². The summed E-state index contributed by atoms with van der Waals surface area (Å²) in [5.74, 6) is 0. The molecule has 1 N–H and O–H groups in total. The van der Waals surface area contributed by atoms with Crippen molar-refractivity contribution in [3.8, 4) is 0 Å². The highest BCUT2D eigenvalue weighted by Gasteiger charge is 2.23. The molecule has 0 saturated carbocycles. The van der Waals surface area contributed by atoms with E-state index in [-0.39, 0.29) is 5.54 Å². The summed E-state index contributed by atoms with van der Waals surface area (Å²) in [6, 6.07) is 6.28. The van der Waals surface area contributed by atoms with Gasteiger partial charge in [-0.2, -0.15) is 0 Å². The van der Waals surface area contributed by atoms with E-state index in [9.17, 15) is 4.21 Å². The number of nitrogens with one attached hydrogen (secondary N) is 1. The maximum atomic E-state index is 12.0. The van der Waals surface area contributed by atoms with Gasteiger partial charge in [-0.3, -0.25) is 0 Å². The summed E-state index contributed by atoms with van der Waals surface area (Å²) in [5.41, 5.74) is 2.57. The quantitative estimate of drug-likeness (QED) is 0.943. The summed E-state index contributed by atoms with van der Waals surface area (Å²) in [6.45, 7) is 6.21. The van der Waals surface area contributed by atoms with Gasteiger partial charge in [-0.15, -0.1) is 0 Å². The number of likely N-dealkylation sites (N-methyl/N-ethyl adjacent to an activating group) is 1. The molecular formula is C16H23N3OS. The number of rotatable bonds is 3. The molecule has 1 unspecified atom stereocenters. The number of benzene rings is 1. The molecule has 21 heavy (non-hydrogen) atoms. The van der Waals surface area contributed by atoms with Crippen LogP contribution in [0.4, 0.5) is 0 Å². The summed E-state index contributed by atoms with van der Waals surface area (Å²) in [6.07, 6.45) is 3.10. The zero-order valence-electron chi connectivity index (χ0n) is 13.1. The first-order valence-electron chi connectivity index (χ1n) is 7.33. The molecule has 0 aliphatic carbocycles. The molecule has 3 rings (SSSR count). The fourth-order valence-corrected chi connectivity index (χ4v) is 3.86. The largest absolute Gasteiger partial charge is 0.346 e. The highest BCUT2D eigenvalue weighted by Crippen LogP contribution is 2.29. The van der Waals surface area contributed by atoms with Gasteiger partial charge < -0.3 is 9.47 Å². The van der Waals surface area contributed by atoms with Crippen molar-refractivity contribution < 1.29 is 4.21 Å². The van der Waals surface area contributed by atoms with Crippen molar-refractivity contribution >= 4 is 21.9 Å². The Hall–Kier alpha value is -1.17. The van der Waals surface area contributed by atoms with Gasteiger partial charge in [0.15, 0.2) is 0 Å². The Morgan fingerprint density at radius 3 is 2.81 bits per heavy atom. The van der Waals surface area contributed by atoms with Crippen molar-refractivity contribution in [3.63, 3.8) is 0 Å². The monoisotopic (exact) mass is 305 g/mol. The van der Waals surface area contributed by atoms with E-state index < -0.39 is 11.0 Å². The van der Waals surface area contributed by atoms with Crippen molar-refractivity contribution in [3.05, 3.63) is 30.0 Å². The minimum absolute atomic E-state index is 0.0895. The topological polar surface area (TPSA) is 37.3 Å². The molecule has 1 aromatic carbocycles. The minimum atomic E-state index is -1.06. The SMILES string of the molecule is CN(C)C(C)(C)Cn1ccc2c3c(ccc21)S(=O)NCC3. The Labute approximate surface area is 128 Å². The van der Waals surface area contributed by atoms with Gasteiger partial charge in [-0.1, -0.05) is 0 Å². The minimum Gasteiger partial charge on any atom is -0.346 e. The molecule has 114 valence electrons. The fourth-order valence-electron chi connectivity index (χ4n) is 2.79. The number of fused-ring (bicyclic) bond motifs is 3. The first kappa shape index (κ1) is 14.8. The maximum Gasteiger partial charge on any atom is 0.125 e. The molecule has 0 saturated heterocycles. The van der Waals surface area contributed by atoms with Gasteiger partial charge in [0, 0.05) is 35.7 Å². The van der Waals surface area contributed by atoms with Gasteiger partial charge in [0.05, 0.1) is 4.90 Å². The molecule has 0 amide bonds. The van der Waals surface area contributed by atoms with Gasteiger partial charge in [0.1, 0.15) is 11.0 Å². The molecule has 4 nitrogen and oxygen atoms in total. The number of nitrogens with zero attached hydrogens (tertiary/aromatic N) is 2. The van der Waals surface area contributed by atoms with Gasteiger partial charge in [0.2, 0.25) is 0 Å². The van der Waals surface area contributed by atoms with Crippen LogP contribution >= 0.6 is 0 Å². The lowest BCUT2D eigenvalue weighted by Gasteiger charge is -2.33. The lowest BCUT2D eigenvalue weighted by molar-refractivity contribution is 0.171. The molecule has 0 bridgehead atoms. The van der Waals surface area contributed by atoms with E-state index in [0.29, 0.717) is 0 Å². The number of hydrogen-bond donors (Lipinski definition) is 1. The average molecular weight is 305 g/mol. The Kier molecular flexibility index (Phi) is 3.67. The van der Waals surface area contributed by atoms with Crippen LogP contribution in [0.3, 0.4) is 0 Å². The third-order valence-corrected chi connectivity index (χ3v) is 5.85. The van der Waals surface area contributed by atoms with Crippen LogP contribution in [-0.2, 0) is 24.0 Å². The molecule has 0 fully saturated rings. The molecule has 0 radical (unpaired) electrons. The summed E-state index contributed by atoms with van der Waals surface area (Å²) in [4.78, 5) is 3.19. The van der Waals surface area contributed by atoms with Crippen LogP contribution in [0, 0.1) is 0 Å². The molecule has 1 aliphatic heterocycles. The van der Waals surface area contributed by atoms with E-state index in [1.807, 2.05) is 6.07 Å². The van der Waals surface area contributed by atoms with Gasteiger partial charge in [-0.05, 0) is 58.1 Å². The third kappa shape index (κ3) is 2.54. The normalized spacial score (nSPS) is 19.2. The predicted octanol–water partition coefficient (Wildman–Crippen LogP) is 2.15. The van der Waals surface area contributed by atoms with Crippen LogP contribution < -0.4 is 4.72 Å². The zero-order valence-corrected chi connectivity index (χ0v) is 14.0. The van der Waals surface area contributed by atoms with Crippen LogP contribution in [0.2, 0.25) is 0 Å². The van der Waals surface area contributed by atoms with E-state index in [0.717, 1.165) is 24.4 Å². The van der Waals surface area contributed by atoms with Crippen molar-refractivity contribution in [1.82, 2.24) is 14.2 Å². The van der Waals surface area contributed by atoms with E-state index in [1.165, 1.54) is 16.5 Å². The Bertz CT molecular complexity index is 703. The second-order valence-corrected chi connectivity index (χ2v) is 7.80. The Morgan fingerprint density at radius 1 is 1.33 bits per heavy atom. The highest BCUT2D eigenvalue weighted by molar-refractivity contribution is 7.83. The van der Waals surface area contributed by atoms with Crippen LogP contribution in [0.1, 0.15) is 19.4 Å². The summed E-state index contributed by atoms with van der Waals surface area (Å²) < 4.78 is 17.4. The third-order valence-electron chi connectivity index (χ3n) is 4.60. The van der Waals surface area contributed by atoms with E-state index in [4.69, 9.17) is 0 Å². The van der Waals surface area contributed by atoms with Gasteiger partial charge in [-0.25, -0.2) is 8.93 Å². The predicted molar refractivity (Wildman–Crippen MR) is 87.8 cm³/mol. The van der Waals surface area contributed by atoms with Gasteiger partial charge in [0.25, 0.3) is 0 Å². The molecule has 1 aromatic heterocycles. The Morgan fingerprint density at radius 2 is 2.10 bits per heavy atom. The van der Waals surface area contributed by atoms with Crippen molar-refractivity contribution in [2.45, 2.75) is 37.2 Å². The molecule has 1 atom stereocenters. The standard InChI is InChI=1S/C16H23N3OS/c1-16(2,18(3)4)11-19-10-8-12-13-7-9-17-21(20)15(13)6-5-14(12)19/h5-6,8,10,17H,7,9,11H2,1-4H3. The first-order chi connectivity index (χ1) is 9.90. The first-order valence-corrected chi connectivity index (χ1v) is 8.48. The molecule has 5 heteroatoms. The van der Waals surface area contributed by atoms with Gasteiger partial charge >= 0.3 is 0 Å². The zero-order chi connectivity index (χ0) is 15.2. The van der Waals surface area contributed by atoms with Crippen LogP contribution in [-0.4, -0.2) is 39.9 Å². The molecule has 1 aliphatic rings. The van der Waals surface area contributed by atoms with E-state index >= 15 is 0 Å². The summed E-state index contributed by atoms with van der Waals surface area (Å²) in [7, 11) is 3.17. The molecule has 2 aromatic rings. The van der Waals surface area contributed by atoms with Crippen molar-refractivity contribution in [2.24, 2.45) is 0 Å². The lowest BCUT2D eigenvalue weighted by atomic mass is 10.0. The number of hydrogen-bond acceptors (Lipinski definition) is 2. The summed E-state index contributed by atoms with van der Waals surface area (Å²) in [5, 5.41) is 1.25. The lowest BCUT2D eigenvalue weighted by Crippen LogP contribution is -2.41. The fraction of sp³-hybridized carbons (Fsp3) is 0.500. The summed E-state index contributed by atoms with van der Waals surface area (Å²) >= 11 is 0. The molecule has 2 heterocycles. The second-order valence-electron chi connectivity index (χ2n) is 6.54. The maximum absolute atomic E-state index is 12.0. The average Bonchev–Trinajstić information content (AvgIpc) is 2.82. The van der Waals surface area contributed by atoms with Crippen molar-refractivity contribution in [2.75, 3.05) is 20.6 Å². The van der Waals surface area contributed by atoms with Crippen LogP contribution in [0.5, 0.6) is 0 Å². The Balaban J connectivity index is 2.06. The van der Waals surface area contributed by atoms with Crippen LogP contribution in [0.15, 0.2) is 29.3 Å². The van der Waals surface area contributed by atoms with E-state index in [1.54, 1.807) is 0 Å². The smallest absolute Gasteiger partial charge is 0.125 e. The van der Waals surface area contributed by atoms with Crippen LogP contribution in [0.25, 0.3) is 10.9 Å². The second kappa shape index (κ2) is 5.23.